The van der Waals surface area contributed by atoms with Gasteiger partial charge in [0.2, 0.25) is 0 Å². The number of hydrogen-bond donors (Lipinski definition) is 0. The van der Waals surface area contributed by atoms with E-state index in [1.54, 1.807) is 11.8 Å². The van der Waals surface area contributed by atoms with Gasteiger partial charge in [0.15, 0.2) is 17.3 Å². The first kappa shape index (κ1) is 18.6. The summed E-state index contributed by atoms with van der Waals surface area (Å²) in [6, 6.07) is 21.8. The largest absolute Gasteiger partial charge is 0.486 e. The van der Waals surface area contributed by atoms with Gasteiger partial charge in [-0.15, -0.1) is 11.8 Å². The number of carbonyl (C=O) groups is 1. The van der Waals surface area contributed by atoms with Crippen LogP contribution in [0.5, 0.6) is 11.5 Å². The van der Waals surface area contributed by atoms with Crippen LogP contribution in [0.25, 0.3) is 0 Å². The zero-order chi connectivity index (χ0) is 19.5. The molecule has 1 aliphatic heterocycles. The third-order valence-electron chi connectivity index (χ3n) is 4.72. The molecule has 1 aliphatic rings. The van der Waals surface area contributed by atoms with E-state index in [9.17, 15) is 4.79 Å². The molecule has 4 rings (SSSR count). The molecule has 1 heterocycles. The molecule has 0 fully saturated rings. The van der Waals surface area contributed by atoms with Gasteiger partial charge in [0.25, 0.3) is 0 Å². The lowest BCUT2D eigenvalue weighted by Crippen LogP contribution is -2.15. The number of carbonyl (C=O) groups excluding carboxylic acids is 1. The second kappa shape index (κ2) is 8.11. The Labute approximate surface area is 169 Å². The first-order valence-corrected chi connectivity index (χ1v) is 10.2. The van der Waals surface area contributed by atoms with Crippen molar-refractivity contribution < 1.29 is 14.3 Å². The predicted octanol–water partition coefficient (Wildman–Crippen LogP) is 5.79. The Morgan fingerprint density at radius 1 is 0.821 bits per heavy atom. The van der Waals surface area contributed by atoms with Crippen LogP contribution >= 0.6 is 11.8 Å². The summed E-state index contributed by atoms with van der Waals surface area (Å²) in [5.41, 5.74) is 4.04. The van der Waals surface area contributed by atoms with E-state index < -0.39 is 0 Å². The first-order chi connectivity index (χ1) is 13.6. The zero-order valence-electron chi connectivity index (χ0n) is 16.0. The predicted molar refractivity (Wildman–Crippen MR) is 113 cm³/mol. The number of fused-ring (bicyclic) bond motifs is 1. The summed E-state index contributed by atoms with van der Waals surface area (Å²) in [6.07, 6.45) is 0. The topological polar surface area (TPSA) is 35.5 Å². The van der Waals surface area contributed by atoms with Gasteiger partial charge in [-0.3, -0.25) is 4.79 Å². The van der Waals surface area contributed by atoms with Crippen molar-refractivity contribution >= 4 is 17.5 Å². The van der Waals surface area contributed by atoms with E-state index in [2.05, 4.69) is 19.1 Å². The van der Waals surface area contributed by atoms with Gasteiger partial charge >= 0.3 is 0 Å². The Kier molecular flexibility index (Phi) is 5.40. The molecule has 3 aromatic rings. The molecule has 0 radical (unpaired) electrons. The van der Waals surface area contributed by atoms with Crippen molar-refractivity contribution in [2.24, 2.45) is 0 Å². The Bertz CT molecular complexity index is 978. The SMILES string of the molecule is Cc1ccc(C(=O)[C@@H](Sc2ccc3c(c2)OCCO3)c2ccc(C)cc2)cc1. The summed E-state index contributed by atoms with van der Waals surface area (Å²) in [4.78, 5) is 14.3. The average Bonchev–Trinajstić information content (AvgIpc) is 2.73. The van der Waals surface area contributed by atoms with Gasteiger partial charge in [0.05, 0.1) is 5.25 Å². The highest BCUT2D eigenvalue weighted by atomic mass is 32.2. The first-order valence-electron chi connectivity index (χ1n) is 9.34. The molecule has 1 atom stereocenters. The Morgan fingerprint density at radius 3 is 2.11 bits per heavy atom. The van der Waals surface area contributed by atoms with Crippen LogP contribution in [0, 0.1) is 13.8 Å². The van der Waals surface area contributed by atoms with Gasteiger partial charge in [0, 0.05) is 10.5 Å². The van der Waals surface area contributed by atoms with Crippen LogP contribution in [0.3, 0.4) is 0 Å². The summed E-state index contributed by atoms with van der Waals surface area (Å²) in [7, 11) is 0. The number of thioether (sulfide) groups is 1. The molecule has 28 heavy (non-hydrogen) atoms. The summed E-state index contributed by atoms with van der Waals surface area (Å²) in [5.74, 6) is 1.60. The maximum Gasteiger partial charge on any atom is 0.180 e. The van der Waals surface area contributed by atoms with Gasteiger partial charge in [-0.25, -0.2) is 0 Å². The normalized spacial score (nSPS) is 13.8. The van der Waals surface area contributed by atoms with Crippen LogP contribution in [0.2, 0.25) is 0 Å². The van der Waals surface area contributed by atoms with Crippen LogP contribution in [0.4, 0.5) is 0 Å². The van der Waals surface area contributed by atoms with E-state index in [-0.39, 0.29) is 11.0 Å². The van der Waals surface area contributed by atoms with Crippen LogP contribution in [-0.4, -0.2) is 19.0 Å². The summed E-state index contributed by atoms with van der Waals surface area (Å²) in [6.45, 7) is 5.19. The van der Waals surface area contributed by atoms with Crippen molar-refractivity contribution in [1.82, 2.24) is 0 Å². The van der Waals surface area contributed by atoms with Gasteiger partial charge in [-0.05, 0) is 37.6 Å². The summed E-state index contributed by atoms with van der Waals surface area (Å²) >= 11 is 1.54. The Morgan fingerprint density at radius 2 is 1.43 bits per heavy atom. The number of aryl methyl sites for hydroxylation is 2. The fourth-order valence-corrected chi connectivity index (χ4v) is 4.25. The monoisotopic (exact) mass is 390 g/mol. The lowest BCUT2D eigenvalue weighted by Gasteiger charge is -2.20. The van der Waals surface area contributed by atoms with Crippen molar-refractivity contribution in [3.63, 3.8) is 0 Å². The minimum Gasteiger partial charge on any atom is -0.486 e. The van der Waals surface area contributed by atoms with Gasteiger partial charge < -0.3 is 9.47 Å². The molecule has 0 unspecified atom stereocenters. The van der Waals surface area contributed by atoms with Crippen molar-refractivity contribution in [3.05, 3.63) is 89.0 Å². The molecule has 3 aromatic carbocycles. The van der Waals surface area contributed by atoms with Gasteiger partial charge in [0.1, 0.15) is 13.2 Å². The van der Waals surface area contributed by atoms with Gasteiger partial charge in [-0.2, -0.15) is 0 Å². The highest BCUT2D eigenvalue weighted by Crippen LogP contribution is 2.41. The molecule has 0 aliphatic carbocycles. The molecule has 3 nitrogen and oxygen atoms in total. The second-order valence-electron chi connectivity index (χ2n) is 6.94. The fraction of sp³-hybridized carbons (Fsp3) is 0.208. The molecule has 142 valence electrons. The van der Waals surface area contributed by atoms with Crippen LogP contribution in [0.15, 0.2) is 71.6 Å². The highest BCUT2D eigenvalue weighted by Gasteiger charge is 2.24. The quantitative estimate of drug-likeness (QED) is 0.408. The summed E-state index contributed by atoms with van der Waals surface area (Å²) < 4.78 is 11.3. The number of hydrogen-bond acceptors (Lipinski definition) is 4. The van der Waals surface area contributed by atoms with E-state index in [4.69, 9.17) is 9.47 Å². The molecule has 0 saturated carbocycles. The van der Waals surface area contributed by atoms with Crippen molar-refractivity contribution in [3.8, 4) is 11.5 Å². The van der Waals surface area contributed by atoms with Crippen molar-refractivity contribution in [2.45, 2.75) is 24.0 Å². The minimum atomic E-state index is -0.328. The van der Waals surface area contributed by atoms with E-state index in [0.717, 1.165) is 33.1 Å². The third-order valence-corrected chi connectivity index (χ3v) is 5.97. The van der Waals surface area contributed by atoms with E-state index in [0.29, 0.717) is 13.2 Å². The number of ketones is 1. The van der Waals surface area contributed by atoms with Gasteiger partial charge in [-0.1, -0.05) is 59.7 Å². The molecule has 0 amide bonds. The van der Waals surface area contributed by atoms with E-state index in [1.807, 2.05) is 61.5 Å². The number of benzene rings is 3. The minimum absolute atomic E-state index is 0.101. The zero-order valence-corrected chi connectivity index (χ0v) is 16.8. The van der Waals surface area contributed by atoms with E-state index >= 15 is 0 Å². The maximum absolute atomic E-state index is 13.4. The van der Waals surface area contributed by atoms with Crippen molar-refractivity contribution in [2.75, 3.05) is 13.2 Å². The molecule has 0 bridgehead atoms. The number of Topliss-reactive ketones (excluding diaryl/α,β-unsaturated/α-hetero) is 1. The highest BCUT2D eigenvalue weighted by molar-refractivity contribution is 8.00. The third kappa shape index (κ3) is 4.07. The standard InChI is InChI=1S/C24H22O3S/c1-16-3-7-18(8-4-16)23(25)24(19-9-5-17(2)6-10-19)28-20-11-12-21-22(15-20)27-14-13-26-21/h3-12,15,24H,13-14H2,1-2H3/t24-/m0/s1. The second-order valence-corrected chi connectivity index (χ2v) is 8.12. The molecular formula is C24H22O3S. The van der Waals surface area contributed by atoms with E-state index in [1.165, 1.54) is 5.56 Å². The lowest BCUT2D eigenvalue weighted by molar-refractivity contribution is 0.0989. The molecule has 0 saturated heterocycles. The van der Waals surface area contributed by atoms with Crippen LogP contribution in [0.1, 0.15) is 32.3 Å². The van der Waals surface area contributed by atoms with Crippen LogP contribution in [-0.2, 0) is 0 Å². The summed E-state index contributed by atoms with van der Waals surface area (Å²) in [5, 5.41) is -0.328. The maximum atomic E-state index is 13.4. The molecular weight excluding hydrogens is 368 g/mol. The molecule has 4 heteroatoms. The van der Waals surface area contributed by atoms with Crippen LogP contribution < -0.4 is 9.47 Å². The van der Waals surface area contributed by atoms with Crippen molar-refractivity contribution in [1.29, 1.82) is 0 Å². The Balaban J connectivity index is 1.67. The molecule has 0 N–H and O–H groups in total. The number of ether oxygens (including phenoxy) is 2. The smallest absolute Gasteiger partial charge is 0.180 e. The fourth-order valence-electron chi connectivity index (χ4n) is 3.12. The molecule has 0 spiro atoms. The lowest BCUT2D eigenvalue weighted by atomic mass is 10.0. The average molecular weight is 391 g/mol. The Hall–Kier alpha value is -2.72. The number of rotatable bonds is 5. The molecule has 0 aromatic heterocycles.